The lowest BCUT2D eigenvalue weighted by Gasteiger charge is -2.20. The summed E-state index contributed by atoms with van der Waals surface area (Å²) in [6.45, 7) is 5.86. The van der Waals surface area contributed by atoms with Crippen LogP contribution in [-0.4, -0.2) is 32.7 Å². The molecule has 0 N–H and O–H groups in total. The maximum atomic E-state index is 6.20. The van der Waals surface area contributed by atoms with Gasteiger partial charge in [-0.25, -0.2) is 4.98 Å². The average Bonchev–Trinajstić information content (AvgIpc) is 3.25. The summed E-state index contributed by atoms with van der Waals surface area (Å²) in [4.78, 5) is 6.95. The van der Waals surface area contributed by atoms with Crippen LogP contribution in [0.2, 0.25) is 5.02 Å². The molecule has 1 aromatic carbocycles. The molecule has 0 saturated heterocycles. The molecule has 122 valence electrons. The number of hydrogen-bond donors (Lipinski definition) is 0. The molecule has 0 atom stereocenters. The van der Waals surface area contributed by atoms with Crippen LogP contribution in [0.3, 0.4) is 0 Å². The van der Waals surface area contributed by atoms with Crippen molar-refractivity contribution in [1.82, 2.24) is 19.6 Å². The zero-order valence-electron chi connectivity index (χ0n) is 13.4. The third kappa shape index (κ3) is 2.22. The summed E-state index contributed by atoms with van der Waals surface area (Å²) in [5.74, 6) is 2.10. The summed E-state index contributed by atoms with van der Waals surface area (Å²) in [5, 5.41) is 9.35. The molecule has 0 saturated carbocycles. The minimum atomic E-state index is 0.637. The first kappa shape index (κ1) is 15.0. The Labute approximate surface area is 143 Å². The van der Waals surface area contributed by atoms with E-state index in [-0.39, 0.29) is 0 Å². The van der Waals surface area contributed by atoms with Gasteiger partial charge in [-0.3, -0.25) is 4.40 Å². The molecular weight excluding hydrogens is 326 g/mol. The number of aromatic nitrogens is 4. The number of anilines is 1. The number of halogens is 1. The van der Waals surface area contributed by atoms with Crippen molar-refractivity contribution in [1.29, 1.82) is 0 Å². The molecule has 0 spiro atoms. The molecule has 0 amide bonds. The molecule has 4 aromatic rings. The van der Waals surface area contributed by atoms with Gasteiger partial charge in [0.2, 0.25) is 11.5 Å². The van der Waals surface area contributed by atoms with Crippen LogP contribution < -0.4 is 4.90 Å². The van der Waals surface area contributed by atoms with Gasteiger partial charge in [0.15, 0.2) is 11.6 Å². The zero-order valence-corrected chi connectivity index (χ0v) is 14.2. The van der Waals surface area contributed by atoms with Gasteiger partial charge in [-0.05, 0) is 44.2 Å². The molecule has 0 unspecified atom stereocenters. The van der Waals surface area contributed by atoms with Crippen molar-refractivity contribution in [3.63, 3.8) is 0 Å². The van der Waals surface area contributed by atoms with Gasteiger partial charge in [0.05, 0.1) is 17.3 Å². The fourth-order valence-corrected chi connectivity index (χ4v) is 3.06. The maximum absolute atomic E-state index is 6.20. The van der Waals surface area contributed by atoms with Crippen LogP contribution in [0.25, 0.3) is 28.3 Å². The first-order valence-electron chi connectivity index (χ1n) is 7.86. The van der Waals surface area contributed by atoms with Gasteiger partial charge in [-0.15, -0.1) is 10.2 Å². The van der Waals surface area contributed by atoms with E-state index < -0.39 is 0 Å². The van der Waals surface area contributed by atoms with Crippen LogP contribution in [0, 0.1) is 0 Å². The fourth-order valence-electron chi connectivity index (χ4n) is 2.89. The van der Waals surface area contributed by atoms with E-state index in [1.54, 1.807) is 6.26 Å². The van der Waals surface area contributed by atoms with Gasteiger partial charge >= 0.3 is 0 Å². The minimum Gasteiger partial charge on any atom is -0.461 e. The highest BCUT2D eigenvalue weighted by Crippen LogP contribution is 2.29. The smallest absolute Gasteiger partial charge is 0.204 e. The Morgan fingerprint density at radius 3 is 2.71 bits per heavy atom. The van der Waals surface area contributed by atoms with Crippen LogP contribution >= 0.6 is 11.6 Å². The Morgan fingerprint density at radius 1 is 1.17 bits per heavy atom. The minimum absolute atomic E-state index is 0.637. The first-order valence-corrected chi connectivity index (χ1v) is 8.24. The van der Waals surface area contributed by atoms with E-state index >= 15 is 0 Å². The maximum Gasteiger partial charge on any atom is 0.204 e. The molecule has 0 aliphatic heterocycles. The summed E-state index contributed by atoms with van der Waals surface area (Å²) in [6.07, 6.45) is 1.62. The lowest BCUT2D eigenvalue weighted by Crippen LogP contribution is -2.24. The Hall–Kier alpha value is -2.60. The molecule has 0 fully saturated rings. The Morgan fingerprint density at radius 2 is 2.00 bits per heavy atom. The van der Waals surface area contributed by atoms with E-state index in [4.69, 9.17) is 21.0 Å². The number of fused-ring (bicyclic) bond motifs is 3. The summed E-state index contributed by atoms with van der Waals surface area (Å²) < 4.78 is 7.49. The van der Waals surface area contributed by atoms with Gasteiger partial charge in [0, 0.05) is 18.1 Å². The van der Waals surface area contributed by atoms with Crippen LogP contribution in [0.4, 0.5) is 5.82 Å². The molecule has 3 aromatic heterocycles. The van der Waals surface area contributed by atoms with E-state index in [2.05, 4.69) is 28.9 Å². The topological polar surface area (TPSA) is 59.5 Å². The lowest BCUT2D eigenvalue weighted by molar-refractivity contribution is 0.576. The average molecular weight is 342 g/mol. The van der Waals surface area contributed by atoms with Crippen LogP contribution in [0.5, 0.6) is 0 Å². The predicted octanol–water partition coefficient (Wildman–Crippen LogP) is 4.04. The van der Waals surface area contributed by atoms with E-state index in [1.807, 2.05) is 34.7 Å². The van der Waals surface area contributed by atoms with Crippen molar-refractivity contribution in [2.75, 3.05) is 18.0 Å². The monoisotopic (exact) mass is 341 g/mol. The van der Waals surface area contributed by atoms with E-state index in [1.165, 1.54) is 0 Å². The molecule has 24 heavy (non-hydrogen) atoms. The number of furan rings is 1. The van der Waals surface area contributed by atoms with Crippen LogP contribution in [0.15, 0.2) is 41.0 Å². The molecule has 0 radical (unpaired) electrons. The molecule has 7 heteroatoms. The van der Waals surface area contributed by atoms with E-state index in [0.29, 0.717) is 22.3 Å². The molecule has 3 heterocycles. The highest BCUT2D eigenvalue weighted by atomic mass is 35.5. The quantitative estimate of drug-likeness (QED) is 0.560. The standard InChI is InChI=1S/C17H16ClN5O/c1-3-22(4-2)16-17-21-20-15(14-6-5-9-24-14)23(17)13-10-11(18)7-8-12(13)19-16/h5-10H,3-4H2,1-2H3. The Kier molecular flexibility index (Phi) is 3.61. The summed E-state index contributed by atoms with van der Waals surface area (Å²) >= 11 is 6.20. The molecule has 0 aliphatic carbocycles. The Balaban J connectivity index is 2.14. The molecular formula is C17H16ClN5O. The normalized spacial score (nSPS) is 11.5. The summed E-state index contributed by atoms with van der Waals surface area (Å²) in [7, 11) is 0. The van der Waals surface area contributed by atoms with Gasteiger partial charge in [-0.1, -0.05) is 11.6 Å². The third-order valence-electron chi connectivity index (χ3n) is 4.07. The van der Waals surface area contributed by atoms with Gasteiger partial charge in [0.25, 0.3) is 0 Å². The van der Waals surface area contributed by atoms with Crippen molar-refractivity contribution < 1.29 is 4.42 Å². The zero-order chi connectivity index (χ0) is 16.7. The summed E-state index contributed by atoms with van der Waals surface area (Å²) in [5.41, 5.74) is 2.38. The lowest BCUT2D eigenvalue weighted by atomic mass is 10.3. The second-order valence-corrected chi connectivity index (χ2v) is 5.84. The van der Waals surface area contributed by atoms with Gasteiger partial charge < -0.3 is 9.32 Å². The van der Waals surface area contributed by atoms with Crippen LogP contribution in [0.1, 0.15) is 13.8 Å². The first-order chi connectivity index (χ1) is 11.7. The second-order valence-electron chi connectivity index (χ2n) is 5.40. The number of hydrogen-bond acceptors (Lipinski definition) is 5. The Bertz CT molecular complexity index is 1000. The largest absolute Gasteiger partial charge is 0.461 e. The molecule has 6 nitrogen and oxygen atoms in total. The second kappa shape index (κ2) is 5.79. The predicted molar refractivity (Wildman–Crippen MR) is 94.6 cm³/mol. The van der Waals surface area contributed by atoms with Crippen molar-refractivity contribution in [3.05, 3.63) is 41.6 Å². The number of rotatable bonds is 4. The third-order valence-corrected chi connectivity index (χ3v) is 4.31. The van der Waals surface area contributed by atoms with Gasteiger partial charge in [-0.2, -0.15) is 0 Å². The van der Waals surface area contributed by atoms with Crippen LogP contribution in [-0.2, 0) is 0 Å². The highest BCUT2D eigenvalue weighted by Gasteiger charge is 2.20. The van der Waals surface area contributed by atoms with Crippen molar-refractivity contribution in [3.8, 4) is 11.6 Å². The van der Waals surface area contributed by atoms with Crippen molar-refractivity contribution >= 4 is 34.1 Å². The van der Waals surface area contributed by atoms with E-state index in [9.17, 15) is 0 Å². The van der Waals surface area contributed by atoms with E-state index in [0.717, 1.165) is 29.9 Å². The number of benzene rings is 1. The van der Waals surface area contributed by atoms with Crippen molar-refractivity contribution in [2.24, 2.45) is 0 Å². The molecule has 0 aliphatic rings. The summed E-state index contributed by atoms with van der Waals surface area (Å²) in [6, 6.07) is 9.32. The number of nitrogens with zero attached hydrogens (tertiary/aromatic N) is 5. The van der Waals surface area contributed by atoms with Gasteiger partial charge in [0.1, 0.15) is 0 Å². The highest BCUT2D eigenvalue weighted by molar-refractivity contribution is 6.31. The molecule has 4 rings (SSSR count). The fraction of sp³-hybridized carbons (Fsp3) is 0.235. The SMILES string of the molecule is CCN(CC)c1nc2ccc(Cl)cc2n2c(-c3ccco3)nnc12. The molecule has 0 bridgehead atoms. The van der Waals surface area contributed by atoms with Crippen molar-refractivity contribution in [2.45, 2.75) is 13.8 Å².